The summed E-state index contributed by atoms with van der Waals surface area (Å²) in [5.41, 5.74) is -1.20. The Labute approximate surface area is 192 Å². The first-order valence-electron chi connectivity index (χ1n) is 11.1. The zero-order valence-electron chi connectivity index (χ0n) is 18.8. The highest BCUT2D eigenvalue weighted by Gasteiger charge is 2.70. The van der Waals surface area contributed by atoms with Crippen LogP contribution in [0.25, 0.3) is 10.8 Å². The van der Waals surface area contributed by atoms with Crippen molar-refractivity contribution in [1.82, 2.24) is 10.2 Å². The highest BCUT2D eigenvalue weighted by molar-refractivity contribution is 6.10. The quantitative estimate of drug-likeness (QED) is 0.602. The molecule has 2 fully saturated rings. The largest absolute Gasteiger partial charge is 0.480 e. The molecule has 0 saturated carbocycles. The zero-order chi connectivity index (χ0) is 23.5. The average molecular weight is 443 g/mol. The highest BCUT2D eigenvalue weighted by Crippen LogP contribution is 2.54. The number of hydrogen-bond acceptors (Lipinski definition) is 4. The van der Waals surface area contributed by atoms with E-state index in [4.69, 9.17) is 0 Å². The minimum Gasteiger partial charge on any atom is -0.480 e. The van der Waals surface area contributed by atoms with E-state index in [2.05, 4.69) is 5.32 Å². The fourth-order valence-electron chi connectivity index (χ4n) is 5.64. The lowest BCUT2D eigenvalue weighted by Gasteiger charge is -2.35. The minimum absolute atomic E-state index is 0.331. The van der Waals surface area contributed by atoms with Crippen LogP contribution in [0.3, 0.4) is 0 Å². The molecule has 5 rings (SSSR count). The molecule has 0 radical (unpaired) electrons. The van der Waals surface area contributed by atoms with Crippen LogP contribution in [-0.4, -0.2) is 33.3 Å². The van der Waals surface area contributed by atoms with Gasteiger partial charge in [0.25, 0.3) is 0 Å². The summed E-state index contributed by atoms with van der Waals surface area (Å²) in [5, 5.41) is 15.8. The molecule has 0 spiro atoms. The van der Waals surface area contributed by atoms with Gasteiger partial charge < -0.3 is 5.11 Å². The number of carbonyl (C=O) groups is 3. The molecule has 2 heterocycles. The Morgan fingerprint density at radius 1 is 0.909 bits per heavy atom. The molecule has 3 aromatic carbocycles. The van der Waals surface area contributed by atoms with Crippen molar-refractivity contribution in [3.63, 3.8) is 0 Å². The molecule has 6 nitrogen and oxygen atoms in total. The predicted molar refractivity (Wildman–Crippen MR) is 124 cm³/mol. The third kappa shape index (κ3) is 2.94. The Morgan fingerprint density at radius 3 is 2.21 bits per heavy atom. The molecule has 2 aliphatic heterocycles. The van der Waals surface area contributed by atoms with Gasteiger partial charge in [-0.05, 0) is 42.7 Å². The van der Waals surface area contributed by atoms with E-state index < -0.39 is 40.8 Å². The van der Waals surface area contributed by atoms with Crippen LogP contribution in [0.4, 0.5) is 0 Å². The van der Waals surface area contributed by atoms with Gasteiger partial charge in [0.2, 0.25) is 11.8 Å². The fraction of sp³-hybridized carbons (Fsp3) is 0.296. The van der Waals surface area contributed by atoms with Crippen LogP contribution in [0.15, 0.2) is 72.8 Å². The molecule has 168 valence electrons. The number of amides is 2. The molecule has 6 heteroatoms. The summed E-state index contributed by atoms with van der Waals surface area (Å²) < 4.78 is 0. The first kappa shape index (κ1) is 21.3. The molecule has 2 N–H and O–H groups in total. The normalized spacial score (nSPS) is 27.2. The van der Waals surface area contributed by atoms with E-state index in [0.717, 1.165) is 16.3 Å². The van der Waals surface area contributed by atoms with Gasteiger partial charge in [-0.1, -0.05) is 72.8 Å². The lowest BCUT2D eigenvalue weighted by molar-refractivity contribution is -0.154. The van der Waals surface area contributed by atoms with E-state index >= 15 is 0 Å². The zero-order valence-corrected chi connectivity index (χ0v) is 18.8. The Bertz CT molecular complexity index is 1270. The molecule has 0 bridgehead atoms. The molecule has 0 aliphatic carbocycles. The molecule has 4 unspecified atom stereocenters. The summed E-state index contributed by atoms with van der Waals surface area (Å²) in [7, 11) is 0. The summed E-state index contributed by atoms with van der Waals surface area (Å²) in [5.74, 6) is -3.84. The van der Waals surface area contributed by atoms with Crippen molar-refractivity contribution >= 4 is 28.6 Å². The molecule has 0 aromatic heterocycles. The number of hydrogen-bond donors (Lipinski definition) is 2. The number of rotatable bonds is 3. The van der Waals surface area contributed by atoms with Crippen LogP contribution in [0.2, 0.25) is 0 Å². The second kappa shape index (κ2) is 7.25. The third-order valence-corrected chi connectivity index (χ3v) is 6.96. The van der Waals surface area contributed by atoms with E-state index in [-0.39, 0.29) is 5.91 Å². The smallest absolute Gasteiger partial charge is 0.329 e. The van der Waals surface area contributed by atoms with Crippen molar-refractivity contribution in [3.05, 3.63) is 83.9 Å². The summed E-state index contributed by atoms with van der Waals surface area (Å²) >= 11 is 0. The lowest BCUT2D eigenvalue weighted by Crippen LogP contribution is -2.55. The molecule has 2 saturated heterocycles. The number of nitrogens with one attached hydrogen (secondary N) is 1. The van der Waals surface area contributed by atoms with Gasteiger partial charge in [0.1, 0.15) is 0 Å². The Kier molecular flexibility index (Phi) is 4.69. The number of likely N-dealkylation sites (tertiary alicyclic amines) is 1. The topological polar surface area (TPSA) is 86.7 Å². The number of carbonyl (C=O) groups excluding carboxylic acids is 2. The number of nitrogens with zero attached hydrogens (tertiary/aromatic N) is 1. The molecule has 2 aliphatic rings. The number of aliphatic carboxylic acids is 1. The van der Waals surface area contributed by atoms with Crippen LogP contribution in [0.1, 0.15) is 37.9 Å². The van der Waals surface area contributed by atoms with Gasteiger partial charge in [-0.2, -0.15) is 0 Å². The van der Waals surface area contributed by atoms with Gasteiger partial charge in [0, 0.05) is 11.6 Å². The van der Waals surface area contributed by atoms with Crippen LogP contribution >= 0.6 is 0 Å². The van der Waals surface area contributed by atoms with E-state index in [1.54, 1.807) is 51.1 Å². The number of imide groups is 1. The highest BCUT2D eigenvalue weighted by atomic mass is 16.4. The second-order valence-electron chi connectivity index (χ2n) is 9.86. The van der Waals surface area contributed by atoms with Crippen LogP contribution < -0.4 is 5.32 Å². The number of fused-ring (bicyclic) bond motifs is 2. The molecule has 3 aromatic rings. The van der Waals surface area contributed by atoms with Crippen molar-refractivity contribution in [3.8, 4) is 0 Å². The summed E-state index contributed by atoms with van der Waals surface area (Å²) in [6, 6.07) is 21.7. The first-order chi connectivity index (χ1) is 15.7. The molecule has 2 amide bonds. The van der Waals surface area contributed by atoms with E-state index in [1.165, 1.54) is 4.90 Å². The lowest BCUT2D eigenvalue weighted by atomic mass is 9.75. The van der Waals surface area contributed by atoms with E-state index in [9.17, 15) is 19.5 Å². The summed E-state index contributed by atoms with van der Waals surface area (Å²) in [6.45, 7) is 5.40. The van der Waals surface area contributed by atoms with Crippen molar-refractivity contribution in [2.24, 2.45) is 11.8 Å². The number of carboxylic acids is 1. The molecule has 33 heavy (non-hydrogen) atoms. The fourth-order valence-corrected chi connectivity index (χ4v) is 5.64. The second-order valence-corrected chi connectivity index (χ2v) is 9.86. The molecular formula is C27H26N2O4. The maximum atomic E-state index is 13.8. The van der Waals surface area contributed by atoms with Gasteiger partial charge in [-0.3, -0.25) is 19.8 Å². The van der Waals surface area contributed by atoms with Crippen LogP contribution in [-0.2, 0) is 19.9 Å². The molecular weight excluding hydrogens is 416 g/mol. The van der Waals surface area contributed by atoms with Crippen molar-refractivity contribution in [2.45, 2.75) is 37.9 Å². The minimum atomic E-state index is -1.72. The van der Waals surface area contributed by atoms with Crippen molar-refractivity contribution in [1.29, 1.82) is 0 Å². The van der Waals surface area contributed by atoms with Gasteiger partial charge in [0.15, 0.2) is 5.54 Å². The van der Waals surface area contributed by atoms with Gasteiger partial charge in [0.05, 0.1) is 11.8 Å². The maximum absolute atomic E-state index is 13.8. The predicted octanol–water partition coefficient (Wildman–Crippen LogP) is 3.86. The monoisotopic (exact) mass is 442 g/mol. The maximum Gasteiger partial charge on any atom is 0.329 e. The number of carboxylic acid groups (broad SMARTS) is 1. The van der Waals surface area contributed by atoms with Crippen molar-refractivity contribution < 1.29 is 19.5 Å². The molecule has 4 atom stereocenters. The summed E-state index contributed by atoms with van der Waals surface area (Å²) in [4.78, 5) is 41.8. The Hall–Kier alpha value is -3.51. The van der Waals surface area contributed by atoms with Gasteiger partial charge in [-0.25, -0.2) is 4.79 Å². The SMILES string of the molecule is CC(C)(C)N1C(=O)C2C(c3cccc4ccccc34)NC(C(=O)O)(c3ccccc3)C2C1=O. The average Bonchev–Trinajstić information content (AvgIpc) is 3.28. The van der Waals surface area contributed by atoms with E-state index in [1.807, 2.05) is 42.5 Å². The number of benzene rings is 3. The van der Waals surface area contributed by atoms with E-state index in [0.29, 0.717) is 5.56 Å². The van der Waals surface area contributed by atoms with Crippen LogP contribution in [0.5, 0.6) is 0 Å². The first-order valence-corrected chi connectivity index (χ1v) is 11.1. The van der Waals surface area contributed by atoms with Gasteiger partial charge >= 0.3 is 5.97 Å². The van der Waals surface area contributed by atoms with Gasteiger partial charge in [-0.15, -0.1) is 0 Å². The van der Waals surface area contributed by atoms with Crippen molar-refractivity contribution in [2.75, 3.05) is 0 Å². The summed E-state index contributed by atoms with van der Waals surface area (Å²) in [6.07, 6.45) is 0. The standard InChI is InChI=1S/C27H26N2O4/c1-26(2,3)29-23(30)20-21(24(29)31)27(25(32)33,17-12-5-4-6-13-17)28-22(20)19-15-9-11-16-10-7-8-14-18(16)19/h4-15,20-22,28H,1-3H3,(H,32,33). The van der Waals surface area contributed by atoms with Crippen LogP contribution in [0, 0.1) is 11.8 Å². The Morgan fingerprint density at radius 2 is 1.55 bits per heavy atom. The Balaban J connectivity index is 1.78. The third-order valence-electron chi connectivity index (χ3n) is 6.96.